The van der Waals surface area contributed by atoms with Gasteiger partial charge in [0.25, 0.3) is 0 Å². The van der Waals surface area contributed by atoms with E-state index in [1.165, 1.54) is 19.4 Å². The number of hydrogen-bond acceptors (Lipinski definition) is 4. The van der Waals surface area contributed by atoms with E-state index < -0.39 is 0 Å². The predicted octanol–water partition coefficient (Wildman–Crippen LogP) is 2.12. The Hall–Kier alpha value is -0.650. The van der Waals surface area contributed by atoms with Crippen LogP contribution in [0.5, 0.6) is 0 Å². The van der Waals surface area contributed by atoms with Crippen molar-refractivity contribution < 1.29 is 4.74 Å². The predicted molar refractivity (Wildman–Crippen MR) is 74.8 cm³/mol. The molecule has 2 fully saturated rings. The van der Waals surface area contributed by atoms with Crippen molar-refractivity contribution in [2.75, 3.05) is 31.6 Å². The number of ether oxygens (including phenoxy) is 1. The summed E-state index contributed by atoms with van der Waals surface area (Å²) in [4.78, 5) is 6.86. The minimum Gasteiger partial charge on any atom is -0.373 e. The third-order valence-corrected chi connectivity index (χ3v) is 4.17. The van der Waals surface area contributed by atoms with Crippen molar-refractivity contribution in [2.24, 2.45) is 0 Å². The first kappa shape index (κ1) is 12.4. The second-order valence-electron chi connectivity index (χ2n) is 4.99. The van der Waals surface area contributed by atoms with Crippen molar-refractivity contribution in [3.63, 3.8) is 0 Å². The number of halogens is 1. The number of hydrogen-bond donors (Lipinski definition) is 1. The van der Waals surface area contributed by atoms with E-state index in [4.69, 9.17) is 4.74 Å². The maximum absolute atomic E-state index is 5.90. The first-order valence-electron chi connectivity index (χ1n) is 6.52. The maximum atomic E-state index is 5.90. The van der Waals surface area contributed by atoms with E-state index in [2.05, 4.69) is 31.1 Å². The fraction of sp³-hybridized carbons (Fsp3) is 0.615. The van der Waals surface area contributed by atoms with Crippen LogP contribution in [0.2, 0.25) is 0 Å². The highest BCUT2D eigenvalue weighted by atomic mass is 79.9. The number of fused-ring (bicyclic) bond motifs is 1. The highest BCUT2D eigenvalue weighted by Gasteiger charge is 2.31. The molecule has 2 aliphatic heterocycles. The van der Waals surface area contributed by atoms with Crippen LogP contribution < -0.4 is 5.32 Å². The van der Waals surface area contributed by atoms with Crippen molar-refractivity contribution in [2.45, 2.75) is 25.0 Å². The van der Waals surface area contributed by atoms with E-state index in [1.807, 2.05) is 12.1 Å². The number of rotatable bonds is 3. The Labute approximate surface area is 116 Å². The first-order valence-corrected chi connectivity index (χ1v) is 7.31. The normalized spacial score (nSPS) is 28.1. The molecule has 2 saturated heterocycles. The molecule has 1 aromatic rings. The molecule has 2 unspecified atom stereocenters. The molecule has 0 aromatic carbocycles. The summed E-state index contributed by atoms with van der Waals surface area (Å²) in [5.74, 6) is 0.908. The van der Waals surface area contributed by atoms with Gasteiger partial charge in [-0.3, -0.25) is 4.90 Å². The van der Waals surface area contributed by atoms with E-state index in [9.17, 15) is 0 Å². The second kappa shape index (κ2) is 5.55. The van der Waals surface area contributed by atoms with E-state index >= 15 is 0 Å². The molecule has 3 heterocycles. The zero-order valence-corrected chi connectivity index (χ0v) is 11.9. The molecule has 0 radical (unpaired) electrons. The van der Waals surface area contributed by atoms with Gasteiger partial charge in [-0.15, -0.1) is 0 Å². The van der Waals surface area contributed by atoms with Crippen LogP contribution >= 0.6 is 15.9 Å². The lowest BCUT2D eigenvalue weighted by Gasteiger charge is -2.35. The summed E-state index contributed by atoms with van der Waals surface area (Å²) < 4.78 is 6.90. The Morgan fingerprint density at radius 2 is 2.44 bits per heavy atom. The minimum absolute atomic E-state index is 0.282. The lowest BCUT2D eigenvalue weighted by molar-refractivity contribution is -0.0416. The average Bonchev–Trinajstić information content (AvgIpc) is 2.85. The number of nitrogens with one attached hydrogen (secondary N) is 1. The average molecular weight is 312 g/mol. The van der Waals surface area contributed by atoms with Crippen molar-refractivity contribution in [3.05, 3.63) is 22.8 Å². The molecule has 3 rings (SSSR count). The Balaban J connectivity index is 1.50. The smallest absolute Gasteiger partial charge is 0.126 e. The maximum Gasteiger partial charge on any atom is 0.126 e. The van der Waals surface area contributed by atoms with Gasteiger partial charge in [0.05, 0.1) is 12.7 Å². The molecule has 0 spiro atoms. The lowest BCUT2D eigenvalue weighted by Crippen LogP contribution is -2.48. The van der Waals surface area contributed by atoms with Gasteiger partial charge in [-0.1, -0.05) is 0 Å². The summed E-state index contributed by atoms with van der Waals surface area (Å²) in [5, 5.41) is 3.34. The van der Waals surface area contributed by atoms with Gasteiger partial charge in [-0.25, -0.2) is 4.98 Å². The molecule has 2 aliphatic rings. The monoisotopic (exact) mass is 311 g/mol. The molecule has 4 nitrogen and oxygen atoms in total. The van der Waals surface area contributed by atoms with Crippen molar-refractivity contribution in [1.82, 2.24) is 9.88 Å². The Kier molecular flexibility index (Phi) is 3.82. The second-order valence-corrected chi connectivity index (χ2v) is 5.90. The number of pyridine rings is 1. The highest BCUT2D eigenvalue weighted by molar-refractivity contribution is 9.10. The molecule has 0 bridgehead atoms. The van der Waals surface area contributed by atoms with Crippen LogP contribution in [-0.4, -0.2) is 48.3 Å². The molecule has 5 heteroatoms. The molecule has 98 valence electrons. The zero-order valence-electron chi connectivity index (χ0n) is 10.3. The first-order chi connectivity index (χ1) is 8.81. The number of nitrogens with zero attached hydrogens (tertiary/aromatic N) is 2. The zero-order chi connectivity index (χ0) is 12.4. The SMILES string of the molecule is Brc1ccc(NCC2CN3CCCC3CO2)nc1. The molecular weight excluding hydrogens is 294 g/mol. The quantitative estimate of drug-likeness (QED) is 0.928. The standard InChI is InChI=1S/C13H18BrN3O/c14-10-3-4-13(15-6-10)16-7-12-8-17-5-1-2-11(17)9-18-12/h3-4,6,11-12H,1-2,5,7-9H2,(H,15,16). The number of anilines is 1. The van der Waals surface area contributed by atoms with Gasteiger partial charge in [-0.05, 0) is 47.4 Å². The largest absolute Gasteiger partial charge is 0.373 e. The molecule has 0 saturated carbocycles. The van der Waals surface area contributed by atoms with Crippen molar-refractivity contribution in [3.8, 4) is 0 Å². The van der Waals surface area contributed by atoms with Crippen LogP contribution in [0.15, 0.2) is 22.8 Å². The van der Waals surface area contributed by atoms with Crippen LogP contribution in [0, 0.1) is 0 Å². The molecular formula is C13H18BrN3O. The summed E-state index contributed by atoms with van der Waals surface area (Å²) in [6.07, 6.45) is 4.71. The van der Waals surface area contributed by atoms with Gasteiger partial charge >= 0.3 is 0 Å². The van der Waals surface area contributed by atoms with Crippen LogP contribution in [0.4, 0.5) is 5.82 Å². The summed E-state index contributed by atoms with van der Waals surface area (Å²) in [6.45, 7) is 4.01. The van der Waals surface area contributed by atoms with Crippen molar-refractivity contribution >= 4 is 21.7 Å². The minimum atomic E-state index is 0.282. The van der Waals surface area contributed by atoms with E-state index in [1.54, 1.807) is 6.20 Å². The summed E-state index contributed by atoms with van der Waals surface area (Å²) in [7, 11) is 0. The van der Waals surface area contributed by atoms with E-state index in [0.29, 0.717) is 6.04 Å². The number of aromatic nitrogens is 1. The Morgan fingerprint density at radius 1 is 1.50 bits per heavy atom. The molecule has 18 heavy (non-hydrogen) atoms. The van der Waals surface area contributed by atoms with Crippen LogP contribution in [0.25, 0.3) is 0 Å². The highest BCUT2D eigenvalue weighted by Crippen LogP contribution is 2.22. The van der Waals surface area contributed by atoms with Crippen LogP contribution in [-0.2, 0) is 4.74 Å². The fourth-order valence-electron chi connectivity index (χ4n) is 2.71. The third-order valence-electron chi connectivity index (χ3n) is 3.70. The number of morpholine rings is 1. The molecule has 2 atom stereocenters. The molecule has 1 aromatic heterocycles. The van der Waals surface area contributed by atoms with Gasteiger partial charge in [0.15, 0.2) is 0 Å². The molecule has 1 N–H and O–H groups in total. The van der Waals surface area contributed by atoms with Crippen LogP contribution in [0.1, 0.15) is 12.8 Å². The van der Waals surface area contributed by atoms with Gasteiger partial charge in [0, 0.05) is 29.8 Å². The van der Waals surface area contributed by atoms with E-state index in [-0.39, 0.29) is 6.10 Å². The Morgan fingerprint density at radius 3 is 3.28 bits per heavy atom. The Bertz CT molecular complexity index is 398. The topological polar surface area (TPSA) is 37.4 Å². The van der Waals surface area contributed by atoms with Crippen molar-refractivity contribution in [1.29, 1.82) is 0 Å². The summed E-state index contributed by atoms with van der Waals surface area (Å²) in [5.41, 5.74) is 0. The van der Waals surface area contributed by atoms with Gasteiger partial charge < -0.3 is 10.1 Å². The molecule has 0 aliphatic carbocycles. The summed E-state index contributed by atoms with van der Waals surface area (Å²) >= 11 is 3.38. The van der Waals surface area contributed by atoms with Gasteiger partial charge in [-0.2, -0.15) is 0 Å². The molecule has 0 amide bonds. The van der Waals surface area contributed by atoms with E-state index in [0.717, 1.165) is 30.0 Å². The summed E-state index contributed by atoms with van der Waals surface area (Å²) in [6, 6.07) is 4.64. The third kappa shape index (κ3) is 2.84. The van der Waals surface area contributed by atoms with Gasteiger partial charge in [0.2, 0.25) is 0 Å². The van der Waals surface area contributed by atoms with Gasteiger partial charge in [0.1, 0.15) is 5.82 Å². The lowest BCUT2D eigenvalue weighted by atomic mass is 10.2. The fourth-order valence-corrected chi connectivity index (χ4v) is 2.94. The van der Waals surface area contributed by atoms with Crippen LogP contribution in [0.3, 0.4) is 0 Å².